The van der Waals surface area contributed by atoms with Gasteiger partial charge in [0, 0.05) is 4.47 Å². The SMILES string of the molecule is CNC(c1ccc(OC)cc1)c1cc(C)c(Br)cc1C. The van der Waals surface area contributed by atoms with Crippen LogP contribution in [0.15, 0.2) is 40.9 Å². The molecular weight excluding hydrogens is 314 g/mol. The Balaban J connectivity index is 2.43. The van der Waals surface area contributed by atoms with Crippen LogP contribution in [-0.4, -0.2) is 14.2 Å². The van der Waals surface area contributed by atoms with Crippen molar-refractivity contribution < 1.29 is 4.74 Å². The van der Waals surface area contributed by atoms with E-state index in [0.29, 0.717) is 0 Å². The van der Waals surface area contributed by atoms with Crippen molar-refractivity contribution in [3.63, 3.8) is 0 Å². The van der Waals surface area contributed by atoms with Crippen LogP contribution in [-0.2, 0) is 0 Å². The Morgan fingerprint density at radius 3 is 2.25 bits per heavy atom. The quantitative estimate of drug-likeness (QED) is 0.896. The van der Waals surface area contributed by atoms with Crippen LogP contribution < -0.4 is 10.1 Å². The molecule has 0 saturated carbocycles. The third kappa shape index (κ3) is 3.05. The lowest BCUT2D eigenvalue weighted by molar-refractivity contribution is 0.414. The number of aryl methyl sites for hydroxylation is 2. The molecule has 2 aromatic rings. The first kappa shape index (κ1) is 15.1. The van der Waals surface area contributed by atoms with Crippen molar-refractivity contribution in [1.82, 2.24) is 5.32 Å². The van der Waals surface area contributed by atoms with Crippen molar-refractivity contribution >= 4 is 15.9 Å². The molecule has 0 saturated heterocycles. The van der Waals surface area contributed by atoms with E-state index < -0.39 is 0 Å². The zero-order valence-electron chi connectivity index (χ0n) is 12.3. The van der Waals surface area contributed by atoms with Gasteiger partial charge in [-0.3, -0.25) is 0 Å². The minimum atomic E-state index is 0.188. The number of nitrogens with one attached hydrogen (secondary N) is 1. The lowest BCUT2D eigenvalue weighted by Gasteiger charge is -2.21. The smallest absolute Gasteiger partial charge is 0.118 e. The van der Waals surface area contributed by atoms with Crippen LogP contribution in [0.3, 0.4) is 0 Å². The van der Waals surface area contributed by atoms with Gasteiger partial charge in [-0.25, -0.2) is 0 Å². The molecule has 0 aliphatic carbocycles. The first-order chi connectivity index (χ1) is 9.56. The van der Waals surface area contributed by atoms with E-state index in [1.54, 1.807) is 7.11 Å². The average molecular weight is 334 g/mol. The Morgan fingerprint density at radius 1 is 1.05 bits per heavy atom. The van der Waals surface area contributed by atoms with E-state index in [4.69, 9.17) is 4.74 Å². The molecule has 2 nitrogen and oxygen atoms in total. The van der Waals surface area contributed by atoms with E-state index in [1.165, 1.54) is 22.3 Å². The minimum absolute atomic E-state index is 0.188. The number of hydrogen-bond acceptors (Lipinski definition) is 2. The van der Waals surface area contributed by atoms with Crippen molar-refractivity contribution in [1.29, 1.82) is 0 Å². The molecule has 0 aliphatic rings. The van der Waals surface area contributed by atoms with Crippen molar-refractivity contribution in [3.8, 4) is 5.75 Å². The maximum atomic E-state index is 5.22. The summed E-state index contributed by atoms with van der Waals surface area (Å²) in [5, 5.41) is 3.40. The summed E-state index contributed by atoms with van der Waals surface area (Å²) in [5.41, 5.74) is 5.06. The van der Waals surface area contributed by atoms with Gasteiger partial charge in [0.25, 0.3) is 0 Å². The molecular formula is C17H20BrNO. The van der Waals surface area contributed by atoms with Crippen molar-refractivity contribution in [2.24, 2.45) is 0 Å². The number of halogens is 1. The van der Waals surface area contributed by atoms with Gasteiger partial charge in [0.15, 0.2) is 0 Å². The van der Waals surface area contributed by atoms with E-state index in [0.717, 1.165) is 10.2 Å². The maximum absolute atomic E-state index is 5.22. The van der Waals surface area contributed by atoms with Crippen LogP contribution in [0.25, 0.3) is 0 Å². The van der Waals surface area contributed by atoms with Gasteiger partial charge in [0.1, 0.15) is 5.75 Å². The van der Waals surface area contributed by atoms with Gasteiger partial charge in [0.2, 0.25) is 0 Å². The fourth-order valence-corrected chi connectivity index (χ4v) is 2.87. The van der Waals surface area contributed by atoms with Crippen LogP contribution >= 0.6 is 15.9 Å². The molecule has 0 radical (unpaired) electrons. The van der Waals surface area contributed by atoms with Gasteiger partial charge in [-0.05, 0) is 61.3 Å². The lowest BCUT2D eigenvalue weighted by Crippen LogP contribution is -2.18. The van der Waals surface area contributed by atoms with Gasteiger partial charge in [-0.15, -0.1) is 0 Å². The second-order valence-electron chi connectivity index (χ2n) is 4.95. The van der Waals surface area contributed by atoms with Gasteiger partial charge < -0.3 is 10.1 Å². The molecule has 0 amide bonds. The molecule has 0 bridgehead atoms. The molecule has 1 unspecified atom stereocenters. The highest BCUT2D eigenvalue weighted by molar-refractivity contribution is 9.10. The summed E-state index contributed by atoms with van der Waals surface area (Å²) in [6, 6.07) is 12.8. The molecule has 1 N–H and O–H groups in total. The first-order valence-corrected chi connectivity index (χ1v) is 7.44. The molecule has 0 heterocycles. The van der Waals surface area contributed by atoms with Crippen LogP contribution in [0.2, 0.25) is 0 Å². The maximum Gasteiger partial charge on any atom is 0.118 e. The number of benzene rings is 2. The lowest BCUT2D eigenvalue weighted by atomic mass is 9.93. The summed E-state index contributed by atoms with van der Waals surface area (Å²) >= 11 is 3.59. The number of hydrogen-bond donors (Lipinski definition) is 1. The normalized spacial score (nSPS) is 12.2. The molecule has 0 aromatic heterocycles. The molecule has 106 valence electrons. The van der Waals surface area contributed by atoms with E-state index in [2.05, 4.69) is 59.4 Å². The summed E-state index contributed by atoms with van der Waals surface area (Å²) in [4.78, 5) is 0. The van der Waals surface area contributed by atoms with Gasteiger partial charge in [-0.1, -0.05) is 34.1 Å². The standard InChI is InChI=1S/C17H20BrNO/c1-11-10-16(18)12(2)9-15(11)17(19-3)13-5-7-14(20-4)8-6-13/h5-10,17,19H,1-4H3. The first-order valence-electron chi connectivity index (χ1n) is 6.64. The second kappa shape index (κ2) is 6.42. The molecule has 2 rings (SSSR count). The van der Waals surface area contributed by atoms with Crippen molar-refractivity contribution in [3.05, 3.63) is 63.1 Å². The molecule has 2 aromatic carbocycles. The van der Waals surface area contributed by atoms with E-state index in [-0.39, 0.29) is 6.04 Å². The Bertz CT molecular complexity index is 593. The minimum Gasteiger partial charge on any atom is -0.497 e. The average Bonchev–Trinajstić information content (AvgIpc) is 2.46. The third-order valence-electron chi connectivity index (χ3n) is 3.60. The summed E-state index contributed by atoms with van der Waals surface area (Å²) in [5.74, 6) is 0.882. The zero-order chi connectivity index (χ0) is 14.7. The Labute approximate surface area is 129 Å². The largest absolute Gasteiger partial charge is 0.497 e. The predicted molar refractivity (Wildman–Crippen MR) is 87.5 cm³/mol. The van der Waals surface area contributed by atoms with Crippen LogP contribution in [0, 0.1) is 13.8 Å². The summed E-state index contributed by atoms with van der Waals surface area (Å²) in [6.45, 7) is 4.27. The second-order valence-corrected chi connectivity index (χ2v) is 5.81. The Kier molecular flexibility index (Phi) is 4.84. The molecule has 0 aliphatic heterocycles. The van der Waals surface area contributed by atoms with Crippen molar-refractivity contribution in [2.75, 3.05) is 14.2 Å². The molecule has 20 heavy (non-hydrogen) atoms. The predicted octanol–water partition coefficient (Wildman–Crippen LogP) is 4.38. The van der Waals surface area contributed by atoms with Gasteiger partial charge in [-0.2, -0.15) is 0 Å². The van der Waals surface area contributed by atoms with Crippen LogP contribution in [0.1, 0.15) is 28.3 Å². The van der Waals surface area contributed by atoms with E-state index in [9.17, 15) is 0 Å². The van der Waals surface area contributed by atoms with Crippen LogP contribution in [0.5, 0.6) is 5.75 Å². The fraction of sp³-hybridized carbons (Fsp3) is 0.294. The number of rotatable bonds is 4. The summed E-state index contributed by atoms with van der Waals surface area (Å²) in [6.07, 6.45) is 0. The highest BCUT2D eigenvalue weighted by Gasteiger charge is 2.15. The molecule has 0 spiro atoms. The Hall–Kier alpha value is -1.32. The topological polar surface area (TPSA) is 21.3 Å². The highest BCUT2D eigenvalue weighted by Crippen LogP contribution is 2.30. The van der Waals surface area contributed by atoms with Crippen molar-refractivity contribution in [2.45, 2.75) is 19.9 Å². The van der Waals surface area contributed by atoms with E-state index >= 15 is 0 Å². The summed E-state index contributed by atoms with van der Waals surface area (Å²) < 4.78 is 6.38. The van der Waals surface area contributed by atoms with Gasteiger partial charge >= 0.3 is 0 Å². The fourth-order valence-electron chi connectivity index (χ4n) is 2.41. The van der Waals surface area contributed by atoms with E-state index in [1.807, 2.05) is 19.2 Å². The molecule has 3 heteroatoms. The summed E-state index contributed by atoms with van der Waals surface area (Å²) in [7, 11) is 3.68. The zero-order valence-corrected chi connectivity index (χ0v) is 13.9. The van der Waals surface area contributed by atoms with Crippen LogP contribution in [0.4, 0.5) is 0 Å². The molecule has 0 fully saturated rings. The monoisotopic (exact) mass is 333 g/mol. The van der Waals surface area contributed by atoms with Gasteiger partial charge in [0.05, 0.1) is 13.2 Å². The third-order valence-corrected chi connectivity index (χ3v) is 4.45. The number of methoxy groups -OCH3 is 1. The number of ether oxygens (including phenoxy) is 1. The Morgan fingerprint density at radius 2 is 1.70 bits per heavy atom. The highest BCUT2D eigenvalue weighted by atomic mass is 79.9. The molecule has 1 atom stereocenters.